The molecule has 11 nitrogen and oxygen atoms in total. The highest BCUT2D eigenvalue weighted by atomic mass is 16.6. The fraction of sp³-hybridized carbons (Fsp3) is 0.600. The van der Waals surface area contributed by atoms with E-state index < -0.39 is 35.3 Å². The van der Waals surface area contributed by atoms with Crippen molar-refractivity contribution in [2.75, 3.05) is 18.1 Å². The second kappa shape index (κ2) is 10.6. The summed E-state index contributed by atoms with van der Waals surface area (Å²) in [6.07, 6.45) is 2.13. The Hall–Kier alpha value is -3.50. The molecule has 1 aromatic rings. The number of ether oxygens (including phenoxy) is 2. The van der Waals surface area contributed by atoms with Crippen LogP contribution in [0.1, 0.15) is 64.0 Å². The molecule has 0 heterocycles. The lowest BCUT2D eigenvalue weighted by atomic mass is 9.85. The van der Waals surface area contributed by atoms with Crippen molar-refractivity contribution in [1.29, 1.82) is 0 Å². The van der Waals surface area contributed by atoms with Gasteiger partial charge < -0.3 is 36.9 Å². The first kappa shape index (κ1) is 27.1. The van der Waals surface area contributed by atoms with Crippen LogP contribution < -0.4 is 27.4 Å². The van der Waals surface area contributed by atoms with Crippen LogP contribution in [0.5, 0.6) is 0 Å². The lowest BCUT2D eigenvalue weighted by Gasteiger charge is -2.30. The predicted molar refractivity (Wildman–Crippen MR) is 134 cm³/mol. The Morgan fingerprint density at radius 2 is 1.67 bits per heavy atom. The number of alkyl carbamates (subject to hydrolysis) is 1. The zero-order valence-corrected chi connectivity index (χ0v) is 21.4. The van der Waals surface area contributed by atoms with E-state index in [9.17, 15) is 19.2 Å². The maximum Gasteiger partial charge on any atom is 0.408 e. The van der Waals surface area contributed by atoms with Gasteiger partial charge in [-0.05, 0) is 56.9 Å². The van der Waals surface area contributed by atoms with Crippen molar-refractivity contribution in [3.63, 3.8) is 0 Å². The number of nitrogens with one attached hydrogen (secondary N) is 3. The van der Waals surface area contributed by atoms with Crippen molar-refractivity contribution in [3.05, 3.63) is 23.3 Å². The largest absolute Gasteiger partial charge is 0.444 e. The summed E-state index contributed by atoms with van der Waals surface area (Å²) in [7, 11) is 1.49. The average Bonchev–Trinajstić information content (AvgIpc) is 3.13. The van der Waals surface area contributed by atoms with Crippen LogP contribution in [-0.2, 0) is 31.9 Å². The number of fused-ring (bicyclic) bond motifs is 1. The van der Waals surface area contributed by atoms with Crippen LogP contribution in [0.3, 0.4) is 0 Å². The zero-order valence-electron chi connectivity index (χ0n) is 21.4. The van der Waals surface area contributed by atoms with E-state index in [1.807, 2.05) is 0 Å². The molecule has 1 fully saturated rings. The molecule has 0 saturated heterocycles. The zero-order chi connectivity index (χ0) is 26.7. The van der Waals surface area contributed by atoms with E-state index in [0.717, 1.165) is 43.2 Å². The Labute approximate surface area is 211 Å². The Morgan fingerprint density at radius 1 is 1.06 bits per heavy atom. The molecule has 0 aromatic heterocycles. The van der Waals surface area contributed by atoms with Crippen molar-refractivity contribution < 1.29 is 28.7 Å². The van der Waals surface area contributed by atoms with Crippen LogP contribution in [0, 0.1) is 5.92 Å². The molecule has 198 valence electrons. The van der Waals surface area contributed by atoms with Crippen molar-refractivity contribution in [3.8, 4) is 0 Å². The molecule has 11 heteroatoms. The fourth-order valence-corrected chi connectivity index (χ4v) is 5.03. The summed E-state index contributed by atoms with van der Waals surface area (Å²) >= 11 is 0. The molecule has 0 spiro atoms. The van der Waals surface area contributed by atoms with E-state index in [0.29, 0.717) is 5.69 Å². The van der Waals surface area contributed by atoms with Gasteiger partial charge in [0.2, 0.25) is 5.91 Å². The van der Waals surface area contributed by atoms with Crippen molar-refractivity contribution in [2.45, 2.75) is 83.0 Å². The maximum atomic E-state index is 13.1. The Balaban J connectivity index is 1.82. The topological polar surface area (TPSA) is 175 Å². The third-order valence-electron chi connectivity index (χ3n) is 6.60. The van der Waals surface area contributed by atoms with Gasteiger partial charge in [0.25, 0.3) is 5.91 Å². The summed E-state index contributed by atoms with van der Waals surface area (Å²) in [5.41, 5.74) is 11.6. The van der Waals surface area contributed by atoms with Crippen molar-refractivity contribution in [2.24, 2.45) is 11.7 Å². The van der Waals surface area contributed by atoms with Gasteiger partial charge in [-0.1, -0.05) is 19.3 Å². The first-order valence-electron chi connectivity index (χ1n) is 12.2. The van der Waals surface area contributed by atoms with E-state index >= 15 is 0 Å². The summed E-state index contributed by atoms with van der Waals surface area (Å²) in [6.45, 7) is 5.21. The van der Waals surface area contributed by atoms with Gasteiger partial charge in [-0.2, -0.15) is 0 Å². The maximum absolute atomic E-state index is 13.1. The second-order valence-electron chi connectivity index (χ2n) is 10.6. The number of hydrogen-bond acceptors (Lipinski definition) is 7. The quantitative estimate of drug-likeness (QED) is 0.370. The number of carbonyl (C=O) groups excluding carboxylic acids is 4. The standard InChI is InChI=1S/C25H37N5O6/c1-24(2,3)36-23(34)30-25(21(32)28-4)12-15-10-17(26)18(11-16(15)13-25)29-20(31)19(35-22(27)33)14-8-6-5-7-9-14/h10-11,14,19H,5-9,12-13,26H2,1-4H3,(H2,27,33)(H,28,32)(H,29,31)(H,30,34)/t19-,25?/m0/s1. The molecule has 0 bridgehead atoms. The molecule has 4 amide bonds. The highest BCUT2D eigenvalue weighted by Gasteiger charge is 2.46. The fourth-order valence-electron chi connectivity index (χ4n) is 5.03. The van der Waals surface area contributed by atoms with Gasteiger partial charge >= 0.3 is 12.2 Å². The molecular weight excluding hydrogens is 466 g/mol. The highest BCUT2D eigenvalue weighted by Crippen LogP contribution is 2.36. The Kier molecular flexibility index (Phi) is 8.00. The van der Waals surface area contributed by atoms with E-state index in [1.165, 1.54) is 7.05 Å². The predicted octanol–water partition coefficient (Wildman–Crippen LogP) is 2.36. The van der Waals surface area contributed by atoms with Crippen LogP contribution in [0.15, 0.2) is 12.1 Å². The molecule has 1 saturated carbocycles. The third-order valence-corrected chi connectivity index (χ3v) is 6.60. The molecule has 36 heavy (non-hydrogen) atoms. The summed E-state index contributed by atoms with van der Waals surface area (Å²) < 4.78 is 10.6. The van der Waals surface area contributed by atoms with Gasteiger partial charge in [0.05, 0.1) is 11.4 Å². The van der Waals surface area contributed by atoms with Crippen molar-refractivity contribution in [1.82, 2.24) is 10.6 Å². The van der Waals surface area contributed by atoms with Gasteiger partial charge in [0.1, 0.15) is 11.1 Å². The number of likely N-dealkylation sites (N-methyl/N-ethyl adjacent to an activating group) is 1. The minimum atomic E-state index is -1.27. The molecule has 2 aliphatic rings. The summed E-state index contributed by atoms with van der Waals surface area (Å²) in [6, 6.07) is 3.36. The Bertz CT molecular complexity index is 1030. The highest BCUT2D eigenvalue weighted by molar-refractivity contribution is 5.98. The number of primary amides is 1. The molecular formula is C25H37N5O6. The van der Waals surface area contributed by atoms with Gasteiger partial charge in [-0.25, -0.2) is 9.59 Å². The van der Waals surface area contributed by atoms with Crippen LogP contribution in [0.4, 0.5) is 21.0 Å². The van der Waals surface area contributed by atoms with E-state index in [-0.39, 0.29) is 30.4 Å². The molecule has 0 aliphatic heterocycles. The number of carbonyl (C=O) groups is 4. The molecule has 0 radical (unpaired) electrons. The minimum absolute atomic E-state index is 0.124. The normalized spacial score (nSPS) is 20.6. The lowest BCUT2D eigenvalue weighted by Crippen LogP contribution is -2.59. The molecule has 3 rings (SSSR count). The number of rotatable bonds is 6. The van der Waals surface area contributed by atoms with E-state index in [2.05, 4.69) is 16.0 Å². The summed E-state index contributed by atoms with van der Waals surface area (Å²) in [5, 5.41) is 8.12. The average molecular weight is 504 g/mol. The van der Waals surface area contributed by atoms with E-state index in [1.54, 1.807) is 32.9 Å². The molecule has 1 aromatic carbocycles. The summed E-state index contributed by atoms with van der Waals surface area (Å²) in [4.78, 5) is 50.0. The smallest absolute Gasteiger partial charge is 0.408 e. The van der Waals surface area contributed by atoms with Crippen LogP contribution in [0.2, 0.25) is 0 Å². The number of benzene rings is 1. The molecule has 7 N–H and O–H groups in total. The molecule has 2 aliphatic carbocycles. The minimum Gasteiger partial charge on any atom is -0.444 e. The van der Waals surface area contributed by atoms with Crippen LogP contribution in [-0.4, -0.2) is 48.3 Å². The van der Waals surface area contributed by atoms with E-state index in [4.69, 9.17) is 20.9 Å². The van der Waals surface area contributed by atoms with Gasteiger partial charge in [-0.3, -0.25) is 9.59 Å². The number of hydrogen-bond donors (Lipinski definition) is 5. The SMILES string of the molecule is CNC(=O)C1(NC(=O)OC(C)(C)C)Cc2cc(N)c(NC(=O)[C@@H](OC(N)=O)C3CCCCC3)cc2C1. The van der Waals surface area contributed by atoms with Crippen molar-refractivity contribution >= 4 is 35.4 Å². The molecule has 2 atom stereocenters. The molecule has 1 unspecified atom stereocenters. The van der Waals surface area contributed by atoms with Gasteiger partial charge in [-0.15, -0.1) is 0 Å². The van der Waals surface area contributed by atoms with Gasteiger partial charge in [0.15, 0.2) is 6.10 Å². The Morgan fingerprint density at radius 3 is 2.22 bits per heavy atom. The first-order chi connectivity index (χ1) is 16.8. The number of amides is 4. The number of nitrogen functional groups attached to an aromatic ring is 1. The number of nitrogens with two attached hydrogens (primary N) is 2. The van der Waals surface area contributed by atoms with Crippen LogP contribution in [0.25, 0.3) is 0 Å². The summed E-state index contributed by atoms with van der Waals surface area (Å²) in [5.74, 6) is -1.00. The first-order valence-corrected chi connectivity index (χ1v) is 12.2. The lowest BCUT2D eigenvalue weighted by molar-refractivity contribution is -0.127. The van der Waals surface area contributed by atoms with Crippen LogP contribution >= 0.6 is 0 Å². The monoisotopic (exact) mass is 503 g/mol. The second-order valence-corrected chi connectivity index (χ2v) is 10.6. The van der Waals surface area contributed by atoms with Gasteiger partial charge in [0, 0.05) is 25.8 Å². The number of anilines is 2. The third kappa shape index (κ3) is 6.38.